The summed E-state index contributed by atoms with van der Waals surface area (Å²) in [5.74, 6) is -0.278. The zero-order chi connectivity index (χ0) is 22.7. The van der Waals surface area contributed by atoms with Crippen LogP contribution in [0.5, 0.6) is 0 Å². The van der Waals surface area contributed by atoms with Gasteiger partial charge >= 0.3 is 6.18 Å². The van der Waals surface area contributed by atoms with Crippen molar-refractivity contribution in [3.63, 3.8) is 0 Å². The van der Waals surface area contributed by atoms with Gasteiger partial charge in [-0.15, -0.1) is 5.10 Å². The van der Waals surface area contributed by atoms with Crippen molar-refractivity contribution in [2.24, 2.45) is 0 Å². The highest BCUT2D eigenvalue weighted by Crippen LogP contribution is 2.28. The summed E-state index contributed by atoms with van der Waals surface area (Å²) in [5, 5.41) is 19.4. The van der Waals surface area contributed by atoms with Crippen LogP contribution in [0.2, 0.25) is 0 Å². The van der Waals surface area contributed by atoms with Crippen LogP contribution in [0.4, 0.5) is 18.9 Å². The van der Waals surface area contributed by atoms with E-state index in [1.165, 1.54) is 6.20 Å². The predicted molar refractivity (Wildman–Crippen MR) is 108 cm³/mol. The summed E-state index contributed by atoms with van der Waals surface area (Å²) in [4.78, 5) is 18.5. The van der Waals surface area contributed by atoms with Crippen LogP contribution in [-0.2, 0) is 6.18 Å². The third kappa shape index (κ3) is 4.69. The fourth-order valence-corrected chi connectivity index (χ4v) is 3.46. The first-order valence-corrected chi connectivity index (χ1v) is 9.85. The molecule has 0 spiro atoms. The molecule has 1 aromatic carbocycles. The van der Waals surface area contributed by atoms with Gasteiger partial charge in [-0.3, -0.25) is 4.79 Å². The second-order valence-corrected chi connectivity index (χ2v) is 7.34. The molecule has 0 saturated carbocycles. The van der Waals surface area contributed by atoms with Gasteiger partial charge in [-0.2, -0.15) is 18.4 Å². The average Bonchev–Trinajstić information content (AvgIpc) is 3.30. The smallest absolute Gasteiger partial charge is 0.371 e. The van der Waals surface area contributed by atoms with Crippen molar-refractivity contribution in [1.29, 1.82) is 5.26 Å². The Morgan fingerprint density at radius 1 is 1.12 bits per heavy atom. The molecule has 0 unspecified atom stereocenters. The first-order valence-electron chi connectivity index (χ1n) is 9.85. The van der Waals surface area contributed by atoms with Crippen molar-refractivity contribution in [2.45, 2.75) is 25.1 Å². The summed E-state index contributed by atoms with van der Waals surface area (Å²) in [7, 11) is 0. The summed E-state index contributed by atoms with van der Waals surface area (Å²) >= 11 is 0. The summed E-state index contributed by atoms with van der Waals surface area (Å²) in [6, 6.07) is 11.5. The Morgan fingerprint density at radius 2 is 1.84 bits per heavy atom. The molecule has 1 N–H and O–H groups in total. The Kier molecular flexibility index (Phi) is 5.77. The fraction of sp³-hybridized carbons (Fsp3) is 0.286. The maximum atomic E-state index is 12.7. The molecule has 32 heavy (non-hydrogen) atoms. The highest BCUT2D eigenvalue weighted by molar-refractivity contribution is 5.92. The number of alkyl halides is 3. The SMILES string of the molecule is N#Cc1ccc(N2CCC(NC(=O)c3cn(-c4ccc(C(F)(F)F)cn4)nn3)CC2)cc1. The molecular weight excluding hydrogens is 423 g/mol. The number of piperidine rings is 1. The lowest BCUT2D eigenvalue weighted by Gasteiger charge is -2.33. The molecule has 2 aromatic heterocycles. The van der Waals surface area contributed by atoms with Gasteiger partial charge < -0.3 is 10.2 Å². The zero-order valence-electron chi connectivity index (χ0n) is 16.8. The van der Waals surface area contributed by atoms with Crippen LogP contribution in [0.15, 0.2) is 48.8 Å². The van der Waals surface area contributed by atoms with Crippen LogP contribution in [0.25, 0.3) is 5.82 Å². The molecule has 1 saturated heterocycles. The summed E-state index contributed by atoms with van der Waals surface area (Å²) in [5.41, 5.74) is 0.823. The number of rotatable bonds is 4. The molecule has 3 aromatic rings. The maximum Gasteiger partial charge on any atom is 0.417 e. The number of nitrogens with one attached hydrogen (secondary N) is 1. The number of anilines is 1. The summed E-state index contributed by atoms with van der Waals surface area (Å²) in [6.45, 7) is 1.50. The highest BCUT2D eigenvalue weighted by atomic mass is 19.4. The molecule has 8 nitrogen and oxygen atoms in total. The molecule has 1 fully saturated rings. The summed E-state index contributed by atoms with van der Waals surface area (Å²) < 4.78 is 39.1. The van der Waals surface area contributed by atoms with Crippen LogP contribution in [0.3, 0.4) is 0 Å². The molecule has 3 heterocycles. The van der Waals surface area contributed by atoms with Gasteiger partial charge in [-0.1, -0.05) is 5.21 Å². The molecular formula is C21H18F3N7O. The Labute approximate surface area is 181 Å². The van der Waals surface area contributed by atoms with Gasteiger partial charge in [0, 0.05) is 31.0 Å². The van der Waals surface area contributed by atoms with E-state index in [1.807, 2.05) is 12.1 Å². The maximum absolute atomic E-state index is 12.7. The van der Waals surface area contributed by atoms with Crippen molar-refractivity contribution in [3.05, 3.63) is 65.6 Å². The van der Waals surface area contributed by atoms with Crippen molar-refractivity contribution >= 4 is 11.6 Å². The van der Waals surface area contributed by atoms with E-state index in [1.54, 1.807) is 12.1 Å². The topological polar surface area (TPSA) is 99.7 Å². The fourth-order valence-electron chi connectivity index (χ4n) is 3.46. The molecule has 0 radical (unpaired) electrons. The van der Waals surface area contributed by atoms with Gasteiger partial charge in [-0.05, 0) is 49.2 Å². The van der Waals surface area contributed by atoms with Gasteiger partial charge in [0.05, 0.1) is 23.4 Å². The molecule has 11 heteroatoms. The number of halogens is 3. The van der Waals surface area contributed by atoms with Crippen molar-refractivity contribution in [1.82, 2.24) is 25.3 Å². The van der Waals surface area contributed by atoms with Gasteiger partial charge in [0.25, 0.3) is 5.91 Å². The molecule has 0 bridgehead atoms. The normalized spacial score (nSPS) is 14.8. The Morgan fingerprint density at radius 3 is 2.44 bits per heavy atom. The van der Waals surface area contributed by atoms with Gasteiger partial charge in [0.2, 0.25) is 0 Å². The number of nitriles is 1. The Hall–Kier alpha value is -3.94. The molecule has 164 valence electrons. The number of carbonyl (C=O) groups is 1. The molecule has 0 atom stereocenters. The molecule has 1 aliphatic heterocycles. The number of pyridine rings is 1. The van der Waals surface area contributed by atoms with E-state index >= 15 is 0 Å². The van der Waals surface area contributed by atoms with E-state index in [4.69, 9.17) is 5.26 Å². The third-order valence-corrected chi connectivity index (χ3v) is 5.23. The number of benzene rings is 1. The predicted octanol–water partition coefficient (Wildman–Crippen LogP) is 2.95. The number of nitrogens with zero attached hydrogens (tertiary/aromatic N) is 6. The quantitative estimate of drug-likeness (QED) is 0.668. The Balaban J connectivity index is 1.33. The van der Waals surface area contributed by atoms with E-state index in [0.29, 0.717) is 11.8 Å². The molecule has 1 amide bonds. The lowest BCUT2D eigenvalue weighted by molar-refractivity contribution is -0.137. The van der Waals surface area contributed by atoms with E-state index in [-0.39, 0.29) is 17.6 Å². The molecule has 0 aliphatic carbocycles. The molecule has 1 aliphatic rings. The number of carbonyl (C=O) groups excluding carboxylic acids is 1. The van der Waals surface area contributed by atoms with Gasteiger partial charge in [0.1, 0.15) is 0 Å². The minimum Gasteiger partial charge on any atom is -0.371 e. The van der Waals surface area contributed by atoms with Gasteiger partial charge in [-0.25, -0.2) is 9.67 Å². The van der Waals surface area contributed by atoms with Crippen molar-refractivity contribution in [2.75, 3.05) is 18.0 Å². The van der Waals surface area contributed by atoms with Crippen molar-refractivity contribution in [3.8, 4) is 11.9 Å². The number of amides is 1. The zero-order valence-corrected chi connectivity index (χ0v) is 16.8. The standard InChI is InChI=1S/C21H18F3N7O/c22-21(23,24)15-3-6-19(26-12-15)31-13-18(28-29-31)20(32)27-16-7-9-30(10-8-16)17-4-1-14(11-25)2-5-17/h1-6,12-13,16H,7-10H2,(H,27,32). The minimum atomic E-state index is -4.48. The average molecular weight is 441 g/mol. The van der Waals surface area contributed by atoms with E-state index in [9.17, 15) is 18.0 Å². The first-order chi connectivity index (χ1) is 15.3. The van der Waals surface area contributed by atoms with E-state index in [0.717, 1.165) is 48.4 Å². The van der Waals surface area contributed by atoms with Crippen LogP contribution in [0.1, 0.15) is 34.5 Å². The first kappa shape index (κ1) is 21.3. The van der Waals surface area contributed by atoms with Crippen LogP contribution in [0, 0.1) is 11.3 Å². The van der Waals surface area contributed by atoms with E-state index < -0.39 is 17.6 Å². The van der Waals surface area contributed by atoms with Crippen LogP contribution in [-0.4, -0.2) is 45.0 Å². The molecule has 4 rings (SSSR count). The number of hydrogen-bond acceptors (Lipinski definition) is 6. The van der Waals surface area contributed by atoms with Crippen LogP contribution < -0.4 is 10.2 Å². The lowest BCUT2D eigenvalue weighted by atomic mass is 10.0. The second-order valence-electron chi connectivity index (χ2n) is 7.34. The monoisotopic (exact) mass is 441 g/mol. The largest absolute Gasteiger partial charge is 0.417 e. The van der Waals surface area contributed by atoms with E-state index in [2.05, 4.69) is 31.6 Å². The van der Waals surface area contributed by atoms with Crippen molar-refractivity contribution < 1.29 is 18.0 Å². The number of aromatic nitrogens is 4. The highest BCUT2D eigenvalue weighted by Gasteiger charge is 2.30. The summed E-state index contributed by atoms with van der Waals surface area (Å²) in [6.07, 6.45) is -0.968. The lowest BCUT2D eigenvalue weighted by Crippen LogP contribution is -2.44. The number of hydrogen-bond donors (Lipinski definition) is 1. The minimum absolute atomic E-state index is 0.0357. The van der Waals surface area contributed by atoms with Crippen LogP contribution >= 0.6 is 0 Å². The Bertz CT molecular complexity index is 1130. The third-order valence-electron chi connectivity index (χ3n) is 5.23. The van der Waals surface area contributed by atoms with Gasteiger partial charge in [0.15, 0.2) is 11.5 Å². The second kappa shape index (κ2) is 8.66.